The second-order valence-electron chi connectivity index (χ2n) is 6.07. The molecule has 2 fully saturated rings. The lowest BCUT2D eigenvalue weighted by molar-refractivity contribution is 0.0780. The van der Waals surface area contributed by atoms with Crippen molar-refractivity contribution in [1.82, 2.24) is 10.2 Å². The minimum atomic E-state index is 0.0330. The average Bonchev–Trinajstić information content (AvgIpc) is 2.84. The highest BCUT2D eigenvalue weighted by Crippen LogP contribution is 2.33. The maximum atomic E-state index is 12.9. The molecule has 2 unspecified atom stereocenters. The molecule has 3 rings (SSSR count). The Kier molecular flexibility index (Phi) is 4.52. The lowest BCUT2D eigenvalue weighted by atomic mass is 9.99. The van der Waals surface area contributed by atoms with Crippen LogP contribution >= 0.6 is 0 Å². The number of ether oxygens (including phenoxy) is 2. The molecule has 0 saturated carbocycles. The van der Waals surface area contributed by atoms with E-state index in [-0.39, 0.29) is 5.91 Å². The van der Waals surface area contributed by atoms with Gasteiger partial charge in [-0.15, -0.1) is 0 Å². The van der Waals surface area contributed by atoms with Crippen LogP contribution in [0.5, 0.6) is 11.5 Å². The van der Waals surface area contributed by atoms with Gasteiger partial charge in [0, 0.05) is 19.1 Å². The van der Waals surface area contributed by atoms with E-state index in [0.29, 0.717) is 29.0 Å². The lowest BCUT2D eigenvalue weighted by Gasteiger charge is -2.19. The van der Waals surface area contributed by atoms with E-state index in [1.807, 2.05) is 23.1 Å². The largest absolute Gasteiger partial charge is 0.493 e. The second-order valence-corrected chi connectivity index (χ2v) is 6.07. The number of benzene rings is 1. The molecule has 0 bridgehead atoms. The molecule has 1 N–H and O–H groups in total. The van der Waals surface area contributed by atoms with Crippen molar-refractivity contribution in [3.05, 3.63) is 23.8 Å². The van der Waals surface area contributed by atoms with Crippen LogP contribution in [0, 0.1) is 5.92 Å². The summed E-state index contributed by atoms with van der Waals surface area (Å²) in [5, 5.41) is 3.58. The molecule has 0 radical (unpaired) electrons. The van der Waals surface area contributed by atoms with Crippen LogP contribution in [0.25, 0.3) is 0 Å². The summed E-state index contributed by atoms with van der Waals surface area (Å²) in [5.41, 5.74) is 0.582. The third-order valence-electron chi connectivity index (χ3n) is 4.77. The second kappa shape index (κ2) is 6.57. The van der Waals surface area contributed by atoms with Gasteiger partial charge < -0.3 is 19.7 Å². The van der Waals surface area contributed by atoms with Gasteiger partial charge >= 0.3 is 0 Å². The number of nitrogens with zero attached hydrogens (tertiary/aromatic N) is 1. The van der Waals surface area contributed by atoms with Crippen LogP contribution in [0.15, 0.2) is 18.2 Å². The fraction of sp³-hybridized carbons (Fsp3) is 0.588. The van der Waals surface area contributed by atoms with Crippen molar-refractivity contribution >= 4 is 5.91 Å². The first kappa shape index (κ1) is 15.2. The first-order chi connectivity index (χ1) is 10.7. The predicted molar refractivity (Wildman–Crippen MR) is 84.6 cm³/mol. The number of hydrogen-bond acceptors (Lipinski definition) is 4. The Balaban J connectivity index is 1.80. The van der Waals surface area contributed by atoms with Crippen LogP contribution < -0.4 is 14.8 Å². The van der Waals surface area contributed by atoms with Gasteiger partial charge in [-0.05, 0) is 37.4 Å². The molecule has 5 nitrogen and oxygen atoms in total. The van der Waals surface area contributed by atoms with Gasteiger partial charge in [0.05, 0.1) is 19.8 Å². The monoisotopic (exact) mass is 304 g/mol. The van der Waals surface area contributed by atoms with Gasteiger partial charge in [0.25, 0.3) is 5.91 Å². The minimum absolute atomic E-state index is 0.0330. The summed E-state index contributed by atoms with van der Waals surface area (Å²) in [6.07, 6.45) is 3.69. The summed E-state index contributed by atoms with van der Waals surface area (Å²) in [4.78, 5) is 14.8. The Bertz CT molecular complexity index is 533. The van der Waals surface area contributed by atoms with Crippen LogP contribution in [0.3, 0.4) is 0 Å². The van der Waals surface area contributed by atoms with Gasteiger partial charge in [0.1, 0.15) is 0 Å². The van der Waals surface area contributed by atoms with Crippen LogP contribution in [-0.4, -0.2) is 50.7 Å². The zero-order valence-electron chi connectivity index (χ0n) is 13.3. The predicted octanol–water partition coefficient (Wildman–Crippen LogP) is 1.92. The molecule has 0 aliphatic carbocycles. The Morgan fingerprint density at radius 3 is 2.86 bits per heavy atom. The Hall–Kier alpha value is -1.75. The number of likely N-dealkylation sites (tertiary alicyclic amines) is 1. The SMILES string of the molecule is COc1cccc(C(=O)N2CC3CCCCNC3C2)c1OC. The number of rotatable bonds is 3. The third-order valence-corrected chi connectivity index (χ3v) is 4.77. The van der Waals surface area contributed by atoms with Crippen molar-refractivity contribution in [3.63, 3.8) is 0 Å². The maximum Gasteiger partial charge on any atom is 0.257 e. The molecule has 2 atom stereocenters. The molecule has 120 valence electrons. The van der Waals surface area contributed by atoms with Crippen LogP contribution in [0.1, 0.15) is 29.6 Å². The highest BCUT2D eigenvalue weighted by molar-refractivity contribution is 5.98. The number of nitrogens with one attached hydrogen (secondary N) is 1. The van der Waals surface area contributed by atoms with E-state index >= 15 is 0 Å². The molecule has 1 aromatic carbocycles. The van der Waals surface area contributed by atoms with Crippen LogP contribution in [0.2, 0.25) is 0 Å². The topological polar surface area (TPSA) is 50.8 Å². The summed E-state index contributed by atoms with van der Waals surface area (Å²) in [6, 6.07) is 5.89. The first-order valence-electron chi connectivity index (χ1n) is 7.98. The molecular formula is C17H24N2O3. The van der Waals surface area contributed by atoms with Crippen molar-refractivity contribution in [1.29, 1.82) is 0 Å². The minimum Gasteiger partial charge on any atom is -0.493 e. The summed E-state index contributed by atoms with van der Waals surface area (Å²) in [7, 11) is 3.16. The fourth-order valence-corrected chi connectivity index (χ4v) is 3.61. The van der Waals surface area contributed by atoms with Crippen molar-refractivity contribution in [2.24, 2.45) is 5.92 Å². The quantitative estimate of drug-likeness (QED) is 0.927. The molecule has 1 aromatic rings. The summed E-state index contributed by atoms with van der Waals surface area (Å²) < 4.78 is 10.7. The summed E-state index contributed by atoms with van der Waals surface area (Å²) in [6.45, 7) is 2.67. The van der Waals surface area contributed by atoms with Crippen LogP contribution in [-0.2, 0) is 0 Å². The van der Waals surface area contributed by atoms with E-state index in [4.69, 9.17) is 9.47 Å². The van der Waals surface area contributed by atoms with Gasteiger partial charge in [-0.3, -0.25) is 4.79 Å². The lowest BCUT2D eigenvalue weighted by Crippen LogP contribution is -2.36. The van der Waals surface area contributed by atoms with Crippen molar-refractivity contribution < 1.29 is 14.3 Å². The van der Waals surface area contributed by atoms with Gasteiger partial charge in [0.15, 0.2) is 11.5 Å². The van der Waals surface area contributed by atoms with Gasteiger partial charge in [-0.2, -0.15) is 0 Å². The molecular weight excluding hydrogens is 280 g/mol. The standard InChI is InChI=1S/C17H24N2O3/c1-21-15-8-5-7-13(16(15)22-2)17(20)19-10-12-6-3-4-9-18-14(12)11-19/h5,7-8,12,14,18H,3-4,6,9-11H2,1-2H3. The number of carbonyl (C=O) groups excluding carboxylic acids is 1. The zero-order chi connectivity index (χ0) is 15.5. The molecule has 5 heteroatoms. The average molecular weight is 304 g/mol. The summed E-state index contributed by atoms with van der Waals surface area (Å²) in [5.74, 6) is 1.73. The first-order valence-corrected chi connectivity index (χ1v) is 7.98. The molecule has 2 saturated heterocycles. The molecule has 2 aliphatic rings. The Morgan fingerprint density at radius 1 is 1.23 bits per heavy atom. The van der Waals surface area contributed by atoms with Gasteiger partial charge in [0.2, 0.25) is 0 Å². The molecule has 1 amide bonds. The van der Waals surface area contributed by atoms with Gasteiger partial charge in [-0.25, -0.2) is 0 Å². The number of amides is 1. The molecule has 0 spiro atoms. The number of para-hydroxylation sites is 1. The van der Waals surface area contributed by atoms with E-state index in [2.05, 4.69) is 5.32 Å². The normalized spacial score (nSPS) is 24.5. The third kappa shape index (κ3) is 2.77. The molecule has 22 heavy (non-hydrogen) atoms. The van der Waals surface area contributed by atoms with E-state index in [9.17, 15) is 4.79 Å². The highest BCUT2D eigenvalue weighted by Gasteiger charge is 2.36. The Morgan fingerprint density at radius 2 is 2.09 bits per heavy atom. The maximum absolute atomic E-state index is 12.9. The fourth-order valence-electron chi connectivity index (χ4n) is 3.61. The van der Waals surface area contributed by atoms with Gasteiger partial charge in [-0.1, -0.05) is 12.5 Å². The van der Waals surface area contributed by atoms with Crippen molar-refractivity contribution in [2.45, 2.75) is 25.3 Å². The number of fused-ring (bicyclic) bond motifs is 1. The van der Waals surface area contributed by atoms with Crippen molar-refractivity contribution in [3.8, 4) is 11.5 Å². The summed E-state index contributed by atoms with van der Waals surface area (Å²) >= 11 is 0. The smallest absolute Gasteiger partial charge is 0.257 e. The molecule has 0 aromatic heterocycles. The Labute approximate surface area is 131 Å². The molecule has 2 heterocycles. The van der Waals surface area contributed by atoms with Crippen LogP contribution in [0.4, 0.5) is 0 Å². The number of hydrogen-bond donors (Lipinski definition) is 1. The van der Waals surface area contributed by atoms with E-state index in [1.165, 1.54) is 19.3 Å². The van der Waals surface area contributed by atoms with E-state index < -0.39 is 0 Å². The van der Waals surface area contributed by atoms with E-state index in [0.717, 1.165) is 19.6 Å². The molecule has 2 aliphatic heterocycles. The van der Waals surface area contributed by atoms with E-state index in [1.54, 1.807) is 14.2 Å². The number of carbonyl (C=O) groups is 1. The number of methoxy groups -OCH3 is 2. The zero-order valence-corrected chi connectivity index (χ0v) is 13.3. The highest BCUT2D eigenvalue weighted by atomic mass is 16.5. The van der Waals surface area contributed by atoms with Crippen molar-refractivity contribution in [2.75, 3.05) is 33.9 Å².